The number of anilines is 1. The van der Waals surface area contributed by atoms with Gasteiger partial charge in [-0.05, 0) is 42.8 Å². The van der Waals surface area contributed by atoms with Crippen LogP contribution >= 0.6 is 27.7 Å². The number of allylic oxidation sites excluding steroid dienone is 1. The molecule has 160 valence electrons. The molecule has 0 atom stereocenters. The van der Waals surface area contributed by atoms with Gasteiger partial charge in [-0.15, -0.1) is 16.8 Å². The van der Waals surface area contributed by atoms with Crippen molar-refractivity contribution in [3.63, 3.8) is 0 Å². The maximum absolute atomic E-state index is 12.4. The molecule has 0 saturated carbocycles. The van der Waals surface area contributed by atoms with Gasteiger partial charge in [0.05, 0.1) is 12.3 Å². The number of amides is 2. The molecule has 3 aromatic rings. The van der Waals surface area contributed by atoms with Crippen molar-refractivity contribution in [2.75, 3.05) is 11.1 Å². The van der Waals surface area contributed by atoms with Crippen molar-refractivity contribution in [1.82, 2.24) is 20.1 Å². The van der Waals surface area contributed by atoms with Crippen molar-refractivity contribution >= 4 is 45.2 Å². The summed E-state index contributed by atoms with van der Waals surface area (Å²) in [4.78, 5) is 24.7. The molecule has 0 aliphatic carbocycles. The fourth-order valence-electron chi connectivity index (χ4n) is 2.80. The van der Waals surface area contributed by atoms with Gasteiger partial charge in [0, 0.05) is 22.3 Å². The molecule has 2 amide bonds. The third kappa shape index (κ3) is 6.28. The fraction of sp³-hybridized carbons (Fsp3) is 0.182. The number of benzene rings is 2. The van der Waals surface area contributed by atoms with E-state index >= 15 is 0 Å². The van der Waals surface area contributed by atoms with Crippen LogP contribution in [0.15, 0.2) is 70.8 Å². The van der Waals surface area contributed by atoms with Crippen molar-refractivity contribution in [3.8, 4) is 0 Å². The molecule has 0 fully saturated rings. The van der Waals surface area contributed by atoms with Crippen LogP contribution < -0.4 is 10.6 Å². The van der Waals surface area contributed by atoms with Crippen LogP contribution in [0.25, 0.3) is 0 Å². The lowest BCUT2D eigenvalue weighted by Gasteiger charge is -2.10. The van der Waals surface area contributed by atoms with Gasteiger partial charge in [0.2, 0.25) is 5.91 Å². The van der Waals surface area contributed by atoms with Crippen LogP contribution in [0.3, 0.4) is 0 Å². The summed E-state index contributed by atoms with van der Waals surface area (Å²) in [6.45, 7) is 6.40. The van der Waals surface area contributed by atoms with Crippen molar-refractivity contribution in [3.05, 3.63) is 82.6 Å². The standard InChI is InChI=1S/C22H22BrN5O2S/c1-3-11-28-19(13-24-21(30)16-7-5-4-6-8-16)26-27-22(28)31-14-20(29)25-18-10-9-17(23)12-15(18)2/h3-10,12H,1,11,13-14H2,2H3,(H,24,30)(H,25,29). The fourth-order valence-corrected chi connectivity index (χ4v) is 4.05. The molecule has 0 unspecified atom stereocenters. The molecule has 7 nitrogen and oxygen atoms in total. The highest BCUT2D eigenvalue weighted by atomic mass is 79.9. The number of carbonyl (C=O) groups is 2. The zero-order valence-corrected chi connectivity index (χ0v) is 19.4. The van der Waals surface area contributed by atoms with Crippen LogP contribution in [-0.4, -0.2) is 32.3 Å². The first-order valence-corrected chi connectivity index (χ1v) is 11.3. The van der Waals surface area contributed by atoms with Gasteiger partial charge in [0.1, 0.15) is 0 Å². The number of halogens is 1. The largest absolute Gasteiger partial charge is 0.345 e. The van der Waals surface area contributed by atoms with Crippen LogP contribution in [-0.2, 0) is 17.9 Å². The first-order valence-electron chi connectivity index (χ1n) is 9.53. The minimum Gasteiger partial charge on any atom is -0.345 e. The Kier molecular flexibility index (Phi) is 8.02. The second-order valence-electron chi connectivity index (χ2n) is 6.64. The molecule has 0 bridgehead atoms. The summed E-state index contributed by atoms with van der Waals surface area (Å²) in [6.07, 6.45) is 1.72. The van der Waals surface area contributed by atoms with E-state index in [1.54, 1.807) is 18.2 Å². The van der Waals surface area contributed by atoms with E-state index in [1.807, 2.05) is 47.9 Å². The van der Waals surface area contributed by atoms with Crippen molar-refractivity contribution < 1.29 is 9.59 Å². The molecule has 1 aromatic heterocycles. The van der Waals surface area contributed by atoms with Gasteiger partial charge in [0.25, 0.3) is 5.91 Å². The van der Waals surface area contributed by atoms with Gasteiger partial charge in [-0.2, -0.15) is 0 Å². The highest BCUT2D eigenvalue weighted by Gasteiger charge is 2.15. The third-order valence-corrected chi connectivity index (χ3v) is 5.80. The van der Waals surface area contributed by atoms with Crippen molar-refractivity contribution in [1.29, 1.82) is 0 Å². The minimum atomic E-state index is -0.188. The Morgan fingerprint density at radius 1 is 1.19 bits per heavy atom. The number of aryl methyl sites for hydroxylation is 1. The zero-order valence-electron chi connectivity index (χ0n) is 17.0. The summed E-state index contributed by atoms with van der Waals surface area (Å²) in [5.41, 5.74) is 2.32. The van der Waals surface area contributed by atoms with Gasteiger partial charge >= 0.3 is 0 Å². The predicted molar refractivity (Wildman–Crippen MR) is 126 cm³/mol. The third-order valence-electron chi connectivity index (χ3n) is 4.34. The molecule has 1 heterocycles. The number of aromatic nitrogens is 3. The molecule has 3 rings (SSSR count). The average molecular weight is 500 g/mol. The Bertz CT molecular complexity index is 1080. The second kappa shape index (κ2) is 10.9. The second-order valence-corrected chi connectivity index (χ2v) is 8.50. The minimum absolute atomic E-state index is 0.137. The maximum Gasteiger partial charge on any atom is 0.251 e. The van der Waals surface area contributed by atoms with Gasteiger partial charge in [-0.25, -0.2) is 0 Å². The number of nitrogens with one attached hydrogen (secondary N) is 2. The van der Waals surface area contributed by atoms with Gasteiger partial charge < -0.3 is 15.2 Å². The van der Waals surface area contributed by atoms with E-state index in [1.165, 1.54) is 11.8 Å². The molecule has 31 heavy (non-hydrogen) atoms. The Morgan fingerprint density at radius 2 is 1.97 bits per heavy atom. The van der Waals surface area contributed by atoms with Gasteiger partial charge in [-0.1, -0.05) is 52.0 Å². The van der Waals surface area contributed by atoms with E-state index < -0.39 is 0 Å². The molecule has 0 aliphatic heterocycles. The highest BCUT2D eigenvalue weighted by Crippen LogP contribution is 2.22. The lowest BCUT2D eigenvalue weighted by molar-refractivity contribution is -0.113. The van der Waals surface area contributed by atoms with E-state index in [2.05, 4.69) is 43.3 Å². The number of hydrogen-bond acceptors (Lipinski definition) is 5. The maximum atomic E-state index is 12.4. The quantitative estimate of drug-likeness (QED) is 0.340. The topological polar surface area (TPSA) is 88.9 Å². The van der Waals surface area contributed by atoms with E-state index in [0.717, 1.165) is 15.7 Å². The summed E-state index contributed by atoms with van der Waals surface area (Å²) in [5.74, 6) is 0.451. The molecule has 0 spiro atoms. The number of nitrogens with zero attached hydrogens (tertiary/aromatic N) is 3. The summed E-state index contributed by atoms with van der Waals surface area (Å²) < 4.78 is 2.79. The molecule has 0 saturated heterocycles. The number of carbonyl (C=O) groups excluding carboxylic acids is 2. The van der Waals surface area contributed by atoms with Crippen LogP contribution in [0.1, 0.15) is 21.7 Å². The Balaban J connectivity index is 1.61. The average Bonchev–Trinajstić information content (AvgIpc) is 3.15. The van der Waals surface area contributed by atoms with Gasteiger partial charge in [0.15, 0.2) is 11.0 Å². The molecule has 2 aromatic carbocycles. The molecular formula is C22H22BrN5O2S. The Hall–Kier alpha value is -2.91. The van der Waals surface area contributed by atoms with Crippen molar-refractivity contribution in [2.45, 2.75) is 25.2 Å². The molecular weight excluding hydrogens is 478 g/mol. The van der Waals surface area contributed by atoms with Crippen LogP contribution in [0.5, 0.6) is 0 Å². The van der Waals surface area contributed by atoms with Gasteiger partial charge in [-0.3, -0.25) is 9.59 Å². The zero-order chi connectivity index (χ0) is 22.2. The normalized spacial score (nSPS) is 10.5. The highest BCUT2D eigenvalue weighted by molar-refractivity contribution is 9.10. The number of rotatable bonds is 9. The van der Waals surface area contributed by atoms with Crippen molar-refractivity contribution in [2.24, 2.45) is 0 Å². The molecule has 2 N–H and O–H groups in total. The smallest absolute Gasteiger partial charge is 0.251 e. The predicted octanol–water partition coefficient (Wildman–Crippen LogP) is 4.20. The Labute approximate surface area is 193 Å². The monoisotopic (exact) mass is 499 g/mol. The summed E-state index contributed by atoms with van der Waals surface area (Å²) >= 11 is 4.70. The summed E-state index contributed by atoms with van der Waals surface area (Å²) in [5, 5.41) is 14.7. The Morgan fingerprint density at radius 3 is 2.68 bits per heavy atom. The number of thioether (sulfide) groups is 1. The van der Waals surface area contributed by atoms with Crippen LogP contribution in [0.2, 0.25) is 0 Å². The van der Waals surface area contributed by atoms with E-state index in [-0.39, 0.29) is 24.1 Å². The molecule has 9 heteroatoms. The van der Waals surface area contributed by atoms with E-state index in [9.17, 15) is 9.59 Å². The van der Waals surface area contributed by atoms with E-state index in [4.69, 9.17) is 0 Å². The lowest BCUT2D eigenvalue weighted by atomic mass is 10.2. The number of hydrogen-bond donors (Lipinski definition) is 2. The lowest BCUT2D eigenvalue weighted by Crippen LogP contribution is -2.24. The van der Waals surface area contributed by atoms with Crippen LogP contribution in [0.4, 0.5) is 5.69 Å². The molecule has 0 aliphatic rings. The first-order chi connectivity index (χ1) is 15.0. The summed E-state index contributed by atoms with van der Waals surface area (Å²) in [6, 6.07) is 14.7. The van der Waals surface area contributed by atoms with Crippen LogP contribution in [0, 0.1) is 6.92 Å². The SMILES string of the molecule is C=CCn1c(CNC(=O)c2ccccc2)nnc1SCC(=O)Nc1ccc(Br)cc1C. The molecule has 0 radical (unpaired) electrons. The first kappa shape index (κ1) is 22.8. The summed E-state index contributed by atoms with van der Waals surface area (Å²) in [7, 11) is 0. The van der Waals surface area contributed by atoms with E-state index in [0.29, 0.717) is 23.1 Å².